The monoisotopic (exact) mass is 447 g/mol. The Morgan fingerprint density at radius 1 is 0.935 bits per heavy atom. The average molecular weight is 448 g/mol. The zero-order valence-electron chi connectivity index (χ0n) is 17.0. The van der Waals surface area contributed by atoms with Crippen molar-refractivity contribution in [3.05, 3.63) is 101 Å². The lowest BCUT2D eigenvalue weighted by molar-refractivity contribution is -0.107. The molecule has 0 aromatic heterocycles. The fourth-order valence-electron chi connectivity index (χ4n) is 2.96. The number of methoxy groups -OCH3 is 1. The van der Waals surface area contributed by atoms with E-state index in [-0.39, 0.29) is 5.12 Å². The summed E-state index contributed by atoms with van der Waals surface area (Å²) in [5, 5.41) is -0.0427. The zero-order chi connectivity index (χ0) is 21.5. The molecule has 0 unspecified atom stereocenters. The summed E-state index contributed by atoms with van der Waals surface area (Å²) >= 11 is 2.76. The molecule has 31 heavy (non-hydrogen) atoms. The topological polar surface area (TPSA) is 47.9 Å². The molecule has 0 saturated carbocycles. The second kappa shape index (κ2) is 10.4. The molecule has 0 bridgehead atoms. The molecule has 4 rings (SSSR count). The third-order valence-electron chi connectivity index (χ3n) is 4.53. The van der Waals surface area contributed by atoms with E-state index >= 15 is 0 Å². The van der Waals surface area contributed by atoms with Gasteiger partial charge >= 0.3 is 0 Å². The largest absolute Gasteiger partial charge is 0.493 e. The quantitative estimate of drug-likeness (QED) is 0.405. The van der Waals surface area contributed by atoms with Crippen LogP contribution < -0.4 is 9.47 Å². The lowest BCUT2D eigenvalue weighted by Crippen LogP contribution is -1.98. The van der Waals surface area contributed by atoms with Gasteiger partial charge in [-0.25, -0.2) is 4.99 Å². The van der Waals surface area contributed by atoms with Gasteiger partial charge in [0, 0.05) is 5.75 Å². The number of carbonyl (C=O) groups excluding carboxylic acids is 1. The number of carbonyl (C=O) groups is 1. The van der Waals surface area contributed by atoms with Gasteiger partial charge in [0.2, 0.25) is 5.12 Å². The van der Waals surface area contributed by atoms with E-state index in [2.05, 4.69) is 17.1 Å². The summed E-state index contributed by atoms with van der Waals surface area (Å²) in [5.41, 5.74) is 3.57. The molecule has 0 amide bonds. The summed E-state index contributed by atoms with van der Waals surface area (Å²) in [6.07, 6.45) is 1.79. The molecular formula is C25H21NO3S2. The van der Waals surface area contributed by atoms with Gasteiger partial charge in [0.15, 0.2) is 11.5 Å². The van der Waals surface area contributed by atoms with Gasteiger partial charge < -0.3 is 9.47 Å². The lowest BCUT2D eigenvalue weighted by atomic mass is 10.1. The molecule has 156 valence electrons. The molecule has 1 aliphatic rings. The summed E-state index contributed by atoms with van der Waals surface area (Å²) in [6, 6.07) is 25.7. The van der Waals surface area contributed by atoms with E-state index in [1.165, 1.54) is 17.3 Å². The molecule has 0 spiro atoms. The normalized spacial score (nSPS) is 14.5. The van der Waals surface area contributed by atoms with Gasteiger partial charge in [-0.05, 0) is 46.7 Å². The lowest BCUT2D eigenvalue weighted by Gasteiger charge is -2.11. The summed E-state index contributed by atoms with van der Waals surface area (Å²) in [6.45, 7) is 0.457. The number of ether oxygens (including phenoxy) is 2. The maximum atomic E-state index is 12.4. The van der Waals surface area contributed by atoms with E-state index in [1.54, 1.807) is 24.9 Å². The molecule has 3 aromatic carbocycles. The fraction of sp³-hybridized carbons (Fsp3) is 0.120. The maximum absolute atomic E-state index is 12.4. The van der Waals surface area contributed by atoms with Gasteiger partial charge in [-0.15, -0.1) is 0 Å². The highest BCUT2D eigenvalue weighted by Gasteiger charge is 2.22. The molecule has 0 atom stereocenters. The van der Waals surface area contributed by atoms with Gasteiger partial charge in [0.25, 0.3) is 0 Å². The van der Waals surface area contributed by atoms with Crippen LogP contribution in [0.1, 0.15) is 16.7 Å². The van der Waals surface area contributed by atoms with Gasteiger partial charge in [0.1, 0.15) is 16.7 Å². The van der Waals surface area contributed by atoms with Gasteiger partial charge in [-0.3, -0.25) is 4.79 Å². The van der Waals surface area contributed by atoms with Crippen molar-refractivity contribution in [2.24, 2.45) is 4.99 Å². The van der Waals surface area contributed by atoms with Crippen molar-refractivity contribution in [3.63, 3.8) is 0 Å². The standard InChI is InChI=1S/C25H21NO3S2/c1-28-23-15-20(12-13-22(23)29-16-18-8-4-2-5-9-18)14-21-24(27)31-25(26-21)30-17-19-10-6-3-7-11-19/h2-15H,16-17H2,1H3. The van der Waals surface area contributed by atoms with Crippen molar-refractivity contribution in [2.75, 3.05) is 7.11 Å². The van der Waals surface area contributed by atoms with E-state index in [4.69, 9.17) is 9.47 Å². The molecule has 0 aliphatic carbocycles. The molecule has 1 aliphatic heterocycles. The number of rotatable bonds is 7. The van der Waals surface area contributed by atoms with Gasteiger partial charge in [-0.1, -0.05) is 78.5 Å². The predicted octanol–water partition coefficient (Wildman–Crippen LogP) is 6.18. The summed E-state index contributed by atoms with van der Waals surface area (Å²) in [5.74, 6) is 2.06. The number of hydrogen-bond acceptors (Lipinski definition) is 6. The Labute approximate surface area is 190 Å². The predicted molar refractivity (Wildman–Crippen MR) is 130 cm³/mol. The average Bonchev–Trinajstić information content (AvgIpc) is 3.17. The number of nitrogens with zero attached hydrogens (tertiary/aromatic N) is 1. The first kappa shape index (κ1) is 21.3. The van der Waals surface area contributed by atoms with Crippen LogP contribution in [0.2, 0.25) is 0 Å². The number of benzene rings is 3. The molecule has 4 nitrogen and oxygen atoms in total. The van der Waals surface area contributed by atoms with Crippen molar-refractivity contribution >= 4 is 39.1 Å². The fourth-order valence-corrected chi connectivity index (χ4v) is 4.75. The van der Waals surface area contributed by atoms with Crippen LogP contribution in [0.5, 0.6) is 11.5 Å². The second-order valence-corrected chi connectivity index (χ2v) is 8.94. The Morgan fingerprint density at radius 2 is 1.65 bits per heavy atom. The Hall–Kier alpha value is -2.96. The molecule has 3 aromatic rings. The number of hydrogen-bond donors (Lipinski definition) is 0. The maximum Gasteiger partial charge on any atom is 0.244 e. The van der Waals surface area contributed by atoms with Gasteiger partial charge in [0.05, 0.1) is 7.11 Å². The third-order valence-corrected chi connectivity index (χ3v) is 6.61. The zero-order valence-corrected chi connectivity index (χ0v) is 18.6. The Kier molecular flexibility index (Phi) is 7.12. The van der Waals surface area contributed by atoms with Crippen LogP contribution in [0, 0.1) is 0 Å². The van der Waals surface area contributed by atoms with Crippen LogP contribution >= 0.6 is 23.5 Å². The molecule has 0 saturated heterocycles. The van der Waals surface area contributed by atoms with Crippen molar-refractivity contribution in [1.82, 2.24) is 0 Å². The van der Waals surface area contributed by atoms with E-state index < -0.39 is 0 Å². The van der Waals surface area contributed by atoms with Crippen LogP contribution in [0.3, 0.4) is 0 Å². The van der Waals surface area contributed by atoms with Crippen LogP contribution in [0.25, 0.3) is 6.08 Å². The van der Waals surface area contributed by atoms with E-state index in [0.29, 0.717) is 23.8 Å². The molecular weight excluding hydrogens is 426 g/mol. The first-order valence-corrected chi connectivity index (χ1v) is 11.6. The van der Waals surface area contributed by atoms with Gasteiger partial charge in [-0.2, -0.15) is 0 Å². The SMILES string of the molecule is COc1cc(C=C2N=C(SCc3ccccc3)SC2=O)ccc1OCc1ccccc1. The van der Waals surface area contributed by atoms with E-state index in [9.17, 15) is 4.79 Å². The van der Waals surface area contributed by atoms with Crippen LogP contribution in [0.4, 0.5) is 0 Å². The Balaban J connectivity index is 1.44. The van der Waals surface area contributed by atoms with Crippen molar-refractivity contribution < 1.29 is 14.3 Å². The number of thioether (sulfide) groups is 2. The molecule has 0 N–H and O–H groups in total. The minimum absolute atomic E-state index is 0.0427. The first-order chi connectivity index (χ1) is 15.2. The summed E-state index contributed by atoms with van der Waals surface area (Å²) in [4.78, 5) is 16.9. The Morgan fingerprint density at radius 3 is 2.35 bits per heavy atom. The third kappa shape index (κ3) is 5.81. The Bertz CT molecular complexity index is 1110. The van der Waals surface area contributed by atoms with E-state index in [0.717, 1.165) is 21.3 Å². The molecule has 6 heteroatoms. The smallest absolute Gasteiger partial charge is 0.244 e. The minimum atomic E-state index is -0.0427. The number of aliphatic imine (C=N–C) groups is 1. The highest BCUT2D eigenvalue weighted by Crippen LogP contribution is 2.34. The first-order valence-electron chi connectivity index (χ1n) is 9.75. The summed E-state index contributed by atoms with van der Waals surface area (Å²) in [7, 11) is 1.61. The minimum Gasteiger partial charge on any atom is -0.493 e. The van der Waals surface area contributed by atoms with E-state index in [1.807, 2.05) is 66.7 Å². The van der Waals surface area contributed by atoms with Crippen LogP contribution in [-0.2, 0) is 17.2 Å². The van der Waals surface area contributed by atoms with Crippen LogP contribution in [-0.4, -0.2) is 16.6 Å². The van der Waals surface area contributed by atoms with Crippen molar-refractivity contribution in [1.29, 1.82) is 0 Å². The van der Waals surface area contributed by atoms with Crippen molar-refractivity contribution in [2.45, 2.75) is 12.4 Å². The highest BCUT2D eigenvalue weighted by atomic mass is 32.2. The molecule has 0 radical (unpaired) electrons. The second-order valence-electron chi connectivity index (χ2n) is 6.76. The molecule has 0 fully saturated rings. The highest BCUT2D eigenvalue weighted by molar-refractivity contribution is 8.45. The molecule has 1 heterocycles. The van der Waals surface area contributed by atoms with Crippen molar-refractivity contribution in [3.8, 4) is 11.5 Å². The van der Waals surface area contributed by atoms with Crippen LogP contribution in [0.15, 0.2) is 89.6 Å². The summed E-state index contributed by atoms with van der Waals surface area (Å²) < 4.78 is 12.2.